The van der Waals surface area contributed by atoms with Crippen LogP contribution in [-0.4, -0.2) is 9.55 Å². The van der Waals surface area contributed by atoms with Gasteiger partial charge in [-0.3, -0.25) is 0 Å². The van der Waals surface area contributed by atoms with Gasteiger partial charge in [-0.2, -0.15) is 0 Å². The highest BCUT2D eigenvalue weighted by atomic mass is 15.0. The minimum atomic E-state index is 1.14. The van der Waals surface area contributed by atoms with Crippen LogP contribution in [0.2, 0.25) is 0 Å². The summed E-state index contributed by atoms with van der Waals surface area (Å²) in [6.07, 6.45) is 18.0. The molecule has 18 heavy (non-hydrogen) atoms. The summed E-state index contributed by atoms with van der Waals surface area (Å²) in [6.45, 7) is 5.50. The lowest BCUT2D eigenvalue weighted by Gasteiger charge is -2.05. The first kappa shape index (κ1) is 15.3. The lowest BCUT2D eigenvalue weighted by Crippen LogP contribution is -1.98. The van der Waals surface area contributed by atoms with Crippen LogP contribution in [0.15, 0.2) is 12.4 Å². The largest absolute Gasteiger partial charge is 0.335 e. The normalized spacial score (nSPS) is 11.0. The first-order valence-corrected chi connectivity index (χ1v) is 7.82. The zero-order valence-electron chi connectivity index (χ0n) is 12.3. The molecule has 0 bridgehead atoms. The van der Waals surface area contributed by atoms with E-state index in [2.05, 4.69) is 29.6 Å². The average molecular weight is 250 g/mol. The van der Waals surface area contributed by atoms with E-state index in [1.807, 2.05) is 6.20 Å². The van der Waals surface area contributed by atoms with Crippen LogP contribution < -0.4 is 0 Å². The predicted octanol–water partition coefficient (Wildman–Crippen LogP) is 5.11. The van der Waals surface area contributed by atoms with Gasteiger partial charge in [0.2, 0.25) is 0 Å². The first-order chi connectivity index (χ1) is 8.84. The van der Waals surface area contributed by atoms with Gasteiger partial charge in [0.15, 0.2) is 0 Å². The van der Waals surface area contributed by atoms with Crippen molar-refractivity contribution in [1.82, 2.24) is 9.55 Å². The molecule has 0 aliphatic carbocycles. The van der Waals surface area contributed by atoms with Gasteiger partial charge in [0.25, 0.3) is 0 Å². The molecule has 0 saturated carbocycles. The summed E-state index contributed by atoms with van der Waals surface area (Å²) in [5.74, 6) is 1.14. The summed E-state index contributed by atoms with van der Waals surface area (Å²) < 4.78 is 2.25. The Kier molecular flexibility index (Phi) is 8.62. The molecule has 0 aliphatic heterocycles. The van der Waals surface area contributed by atoms with Gasteiger partial charge < -0.3 is 4.57 Å². The minimum Gasteiger partial charge on any atom is -0.335 e. The van der Waals surface area contributed by atoms with Crippen LogP contribution in [0.4, 0.5) is 0 Å². The Morgan fingerprint density at radius 2 is 1.44 bits per heavy atom. The summed E-state index contributed by atoms with van der Waals surface area (Å²) >= 11 is 0. The van der Waals surface area contributed by atoms with E-state index in [0.29, 0.717) is 0 Å². The third kappa shape index (κ3) is 6.83. The average Bonchev–Trinajstić information content (AvgIpc) is 2.77. The molecule has 104 valence electrons. The second-order valence-corrected chi connectivity index (χ2v) is 5.35. The second kappa shape index (κ2) is 10.2. The Morgan fingerprint density at radius 3 is 1.94 bits per heavy atom. The number of imidazole rings is 1. The fourth-order valence-electron chi connectivity index (χ4n) is 2.41. The number of unbranched alkanes of at least 4 members (excludes halogenated alkanes) is 9. The Balaban J connectivity index is 1.83. The third-order valence-electron chi connectivity index (χ3n) is 3.68. The van der Waals surface area contributed by atoms with Gasteiger partial charge >= 0.3 is 0 Å². The smallest absolute Gasteiger partial charge is 0.105 e. The van der Waals surface area contributed by atoms with Crippen molar-refractivity contribution in [1.29, 1.82) is 0 Å². The predicted molar refractivity (Wildman–Crippen MR) is 78.8 cm³/mol. The van der Waals surface area contributed by atoms with Crippen LogP contribution in [0.25, 0.3) is 0 Å². The molecule has 0 unspecified atom stereocenters. The van der Waals surface area contributed by atoms with Gasteiger partial charge in [-0.15, -0.1) is 0 Å². The summed E-state index contributed by atoms with van der Waals surface area (Å²) in [4.78, 5) is 4.24. The maximum absolute atomic E-state index is 4.24. The lowest BCUT2D eigenvalue weighted by atomic mass is 10.1. The van der Waals surface area contributed by atoms with E-state index in [1.54, 1.807) is 0 Å². The van der Waals surface area contributed by atoms with Crippen molar-refractivity contribution in [2.75, 3.05) is 0 Å². The maximum atomic E-state index is 4.24. The van der Waals surface area contributed by atoms with E-state index < -0.39 is 0 Å². The van der Waals surface area contributed by atoms with Crippen molar-refractivity contribution in [3.63, 3.8) is 0 Å². The van der Waals surface area contributed by atoms with Crippen molar-refractivity contribution in [3.05, 3.63) is 18.2 Å². The van der Waals surface area contributed by atoms with E-state index >= 15 is 0 Å². The number of nitrogens with zero attached hydrogens (tertiary/aromatic N) is 2. The van der Waals surface area contributed by atoms with E-state index in [0.717, 1.165) is 12.4 Å². The summed E-state index contributed by atoms with van der Waals surface area (Å²) in [6, 6.07) is 0. The summed E-state index contributed by atoms with van der Waals surface area (Å²) in [5.41, 5.74) is 0. The van der Waals surface area contributed by atoms with Crippen molar-refractivity contribution >= 4 is 0 Å². The van der Waals surface area contributed by atoms with Crippen molar-refractivity contribution in [2.24, 2.45) is 0 Å². The van der Waals surface area contributed by atoms with E-state index in [9.17, 15) is 0 Å². The molecule has 0 amide bonds. The minimum absolute atomic E-state index is 1.14. The zero-order valence-corrected chi connectivity index (χ0v) is 12.3. The van der Waals surface area contributed by atoms with Gasteiger partial charge in [-0.1, -0.05) is 64.7 Å². The monoisotopic (exact) mass is 250 g/mol. The quantitative estimate of drug-likeness (QED) is 0.499. The van der Waals surface area contributed by atoms with Gasteiger partial charge in [-0.05, 0) is 13.3 Å². The Morgan fingerprint density at radius 1 is 0.889 bits per heavy atom. The van der Waals surface area contributed by atoms with Crippen LogP contribution in [0.3, 0.4) is 0 Å². The Bertz CT molecular complexity index is 291. The summed E-state index contributed by atoms with van der Waals surface area (Å²) in [5, 5.41) is 0. The summed E-state index contributed by atoms with van der Waals surface area (Å²) in [7, 11) is 0. The highest BCUT2D eigenvalue weighted by Crippen LogP contribution is 2.11. The number of aryl methyl sites for hydroxylation is 2. The Labute approximate surface area is 113 Å². The molecule has 2 heteroatoms. The van der Waals surface area contributed by atoms with Crippen LogP contribution in [-0.2, 0) is 6.54 Å². The molecular weight excluding hydrogens is 220 g/mol. The van der Waals surface area contributed by atoms with Crippen molar-refractivity contribution < 1.29 is 0 Å². The van der Waals surface area contributed by atoms with E-state index in [-0.39, 0.29) is 0 Å². The molecule has 0 aliphatic rings. The van der Waals surface area contributed by atoms with Crippen molar-refractivity contribution in [2.45, 2.75) is 84.6 Å². The van der Waals surface area contributed by atoms with E-state index in [1.165, 1.54) is 64.2 Å². The van der Waals surface area contributed by atoms with Crippen LogP contribution in [0.1, 0.15) is 77.0 Å². The first-order valence-electron chi connectivity index (χ1n) is 7.82. The SMILES string of the molecule is CCCCCCCCCCCCn1ccnc1C. The van der Waals surface area contributed by atoms with Gasteiger partial charge in [-0.25, -0.2) is 4.98 Å². The lowest BCUT2D eigenvalue weighted by molar-refractivity contribution is 0.531. The fraction of sp³-hybridized carbons (Fsp3) is 0.812. The molecule has 0 fully saturated rings. The van der Waals surface area contributed by atoms with Crippen LogP contribution in [0.5, 0.6) is 0 Å². The van der Waals surface area contributed by atoms with Gasteiger partial charge in [0.1, 0.15) is 5.82 Å². The highest BCUT2D eigenvalue weighted by molar-refractivity contribution is 4.87. The fourth-order valence-corrected chi connectivity index (χ4v) is 2.41. The molecule has 2 nitrogen and oxygen atoms in total. The second-order valence-electron chi connectivity index (χ2n) is 5.35. The number of rotatable bonds is 11. The molecule has 1 heterocycles. The van der Waals surface area contributed by atoms with Crippen LogP contribution in [0, 0.1) is 6.92 Å². The number of aromatic nitrogens is 2. The highest BCUT2D eigenvalue weighted by Gasteiger charge is 1.96. The molecule has 0 N–H and O–H groups in total. The van der Waals surface area contributed by atoms with Gasteiger partial charge in [0, 0.05) is 18.9 Å². The maximum Gasteiger partial charge on any atom is 0.105 e. The van der Waals surface area contributed by atoms with Crippen molar-refractivity contribution in [3.8, 4) is 0 Å². The number of hydrogen-bond acceptors (Lipinski definition) is 1. The molecule has 0 spiro atoms. The zero-order chi connectivity index (χ0) is 13.1. The number of hydrogen-bond donors (Lipinski definition) is 0. The molecule has 0 saturated heterocycles. The van der Waals surface area contributed by atoms with E-state index in [4.69, 9.17) is 0 Å². The molecule has 1 aromatic rings. The molecule has 0 radical (unpaired) electrons. The standard InChI is InChI=1S/C16H30N2/c1-3-4-5-6-7-8-9-10-11-12-14-18-15-13-17-16(18)2/h13,15H,3-12,14H2,1-2H3. The molecule has 1 aromatic heterocycles. The topological polar surface area (TPSA) is 17.8 Å². The van der Waals surface area contributed by atoms with Gasteiger partial charge in [0.05, 0.1) is 0 Å². The Hall–Kier alpha value is -0.790. The molecule has 0 aromatic carbocycles. The van der Waals surface area contributed by atoms with Crippen LogP contribution >= 0.6 is 0 Å². The molecule has 1 rings (SSSR count). The third-order valence-corrected chi connectivity index (χ3v) is 3.68. The molecular formula is C16H30N2. The molecule has 0 atom stereocenters.